The van der Waals surface area contributed by atoms with Gasteiger partial charge < -0.3 is 9.67 Å². The van der Waals surface area contributed by atoms with Gasteiger partial charge in [-0.05, 0) is 13.0 Å². The molecule has 0 aromatic carbocycles. The van der Waals surface area contributed by atoms with Gasteiger partial charge in [-0.3, -0.25) is 4.79 Å². The Bertz CT molecular complexity index is 518. The summed E-state index contributed by atoms with van der Waals surface area (Å²) >= 11 is 0. The second kappa shape index (κ2) is 4.03. The number of aryl methyl sites for hydroxylation is 1. The molecule has 15 heavy (non-hydrogen) atoms. The van der Waals surface area contributed by atoms with E-state index in [9.17, 15) is 13.2 Å². The predicted molar refractivity (Wildman–Crippen MR) is 55.1 cm³/mol. The molecule has 1 aromatic rings. The molecule has 0 spiro atoms. The molecule has 7 heteroatoms. The van der Waals surface area contributed by atoms with Gasteiger partial charge in [-0.25, -0.2) is 13.6 Å². The maximum Gasteiger partial charge on any atom is 0.254 e. The molecule has 84 valence electrons. The summed E-state index contributed by atoms with van der Waals surface area (Å²) in [6.45, 7) is 1.59. The van der Waals surface area contributed by atoms with Crippen LogP contribution < -0.4 is 10.7 Å². The van der Waals surface area contributed by atoms with Gasteiger partial charge in [0.05, 0.1) is 5.75 Å². The Morgan fingerprint density at radius 2 is 2.07 bits per heavy atom. The van der Waals surface area contributed by atoms with Crippen molar-refractivity contribution >= 4 is 10.0 Å². The first-order chi connectivity index (χ1) is 6.79. The van der Waals surface area contributed by atoms with Crippen LogP contribution in [0.2, 0.25) is 0 Å². The summed E-state index contributed by atoms with van der Waals surface area (Å²) in [6.07, 6.45) is 0. The molecular weight excluding hydrogens is 220 g/mol. The minimum atomic E-state index is -3.59. The molecule has 0 atom stereocenters. The minimum Gasteiger partial charge on any atom is -0.508 e. The molecule has 6 nitrogen and oxygen atoms in total. The van der Waals surface area contributed by atoms with Crippen LogP contribution in [0.3, 0.4) is 0 Å². The number of hydrogen-bond donors (Lipinski definition) is 2. The van der Waals surface area contributed by atoms with Gasteiger partial charge in [0, 0.05) is 18.3 Å². The van der Waals surface area contributed by atoms with Crippen molar-refractivity contribution in [2.45, 2.75) is 13.5 Å². The van der Waals surface area contributed by atoms with Crippen LogP contribution in [-0.4, -0.2) is 23.8 Å². The van der Waals surface area contributed by atoms with E-state index in [0.717, 1.165) is 6.07 Å². The highest BCUT2D eigenvalue weighted by atomic mass is 32.2. The Hall–Kier alpha value is -1.34. The summed E-state index contributed by atoms with van der Waals surface area (Å²) in [5, 5.41) is 13.9. The molecule has 0 aliphatic carbocycles. The number of hydrogen-bond acceptors (Lipinski definition) is 4. The smallest absolute Gasteiger partial charge is 0.254 e. The summed E-state index contributed by atoms with van der Waals surface area (Å²) in [5.41, 5.74) is 0.0415. The van der Waals surface area contributed by atoms with Crippen LogP contribution in [0.4, 0.5) is 0 Å². The number of aromatic nitrogens is 1. The molecule has 3 N–H and O–H groups in total. The molecular formula is C8H12N2O4S. The van der Waals surface area contributed by atoms with Crippen molar-refractivity contribution in [3.05, 3.63) is 28.2 Å². The average molecular weight is 232 g/mol. The molecule has 1 heterocycles. The Morgan fingerprint density at radius 1 is 1.47 bits per heavy atom. The lowest BCUT2D eigenvalue weighted by Crippen LogP contribution is -2.27. The zero-order valence-electron chi connectivity index (χ0n) is 8.17. The maximum atomic E-state index is 11.3. The highest BCUT2D eigenvalue weighted by molar-refractivity contribution is 7.89. The van der Waals surface area contributed by atoms with E-state index in [4.69, 9.17) is 10.2 Å². The Balaban J connectivity index is 3.01. The van der Waals surface area contributed by atoms with Crippen molar-refractivity contribution in [2.75, 3.05) is 5.75 Å². The van der Waals surface area contributed by atoms with Crippen LogP contribution in [-0.2, 0) is 16.6 Å². The highest BCUT2D eigenvalue weighted by Crippen LogP contribution is 2.06. The van der Waals surface area contributed by atoms with Gasteiger partial charge in [0.25, 0.3) is 5.56 Å². The van der Waals surface area contributed by atoms with E-state index in [0.29, 0.717) is 5.69 Å². The van der Waals surface area contributed by atoms with Crippen molar-refractivity contribution in [3.63, 3.8) is 0 Å². The van der Waals surface area contributed by atoms with E-state index >= 15 is 0 Å². The molecule has 1 rings (SSSR count). The van der Waals surface area contributed by atoms with Crippen LogP contribution in [0.5, 0.6) is 5.75 Å². The van der Waals surface area contributed by atoms with Gasteiger partial charge in [0.2, 0.25) is 10.0 Å². The van der Waals surface area contributed by atoms with Crippen LogP contribution in [0.1, 0.15) is 5.69 Å². The number of sulfonamides is 1. The summed E-state index contributed by atoms with van der Waals surface area (Å²) < 4.78 is 22.7. The molecule has 0 amide bonds. The lowest BCUT2D eigenvalue weighted by molar-refractivity contribution is 0.469. The van der Waals surface area contributed by atoms with E-state index in [2.05, 4.69) is 0 Å². The van der Waals surface area contributed by atoms with Gasteiger partial charge >= 0.3 is 0 Å². The normalized spacial score (nSPS) is 11.6. The van der Waals surface area contributed by atoms with Gasteiger partial charge in [-0.2, -0.15) is 0 Å². The second-order valence-electron chi connectivity index (χ2n) is 3.21. The third-order valence-corrected chi connectivity index (χ3v) is 2.67. The van der Waals surface area contributed by atoms with Crippen LogP contribution in [0, 0.1) is 6.92 Å². The number of rotatable bonds is 3. The first-order valence-corrected chi connectivity index (χ1v) is 5.92. The number of pyridine rings is 1. The molecule has 0 saturated heterocycles. The summed E-state index contributed by atoms with van der Waals surface area (Å²) in [7, 11) is -3.59. The first-order valence-electron chi connectivity index (χ1n) is 4.20. The first kappa shape index (κ1) is 11.7. The molecule has 0 bridgehead atoms. The van der Waals surface area contributed by atoms with Crippen molar-refractivity contribution in [1.82, 2.24) is 4.57 Å². The van der Waals surface area contributed by atoms with Crippen LogP contribution in [0.25, 0.3) is 0 Å². The van der Waals surface area contributed by atoms with Crippen molar-refractivity contribution in [2.24, 2.45) is 5.14 Å². The maximum absolute atomic E-state index is 11.3. The predicted octanol–water partition coefficient (Wildman–Crippen LogP) is -0.849. The molecule has 1 aromatic heterocycles. The van der Waals surface area contributed by atoms with Crippen molar-refractivity contribution < 1.29 is 13.5 Å². The Morgan fingerprint density at radius 3 is 2.53 bits per heavy atom. The van der Waals surface area contributed by atoms with Gasteiger partial charge in [-0.15, -0.1) is 0 Å². The number of aromatic hydroxyl groups is 1. The molecule has 0 aliphatic rings. The number of primary sulfonamides is 1. The minimum absolute atomic E-state index is 0.0101. The van der Waals surface area contributed by atoms with Crippen LogP contribution >= 0.6 is 0 Å². The van der Waals surface area contributed by atoms with Gasteiger partial charge in [0.15, 0.2) is 0 Å². The zero-order chi connectivity index (χ0) is 11.6. The molecule has 0 fully saturated rings. The zero-order valence-corrected chi connectivity index (χ0v) is 8.99. The van der Waals surface area contributed by atoms with E-state index in [-0.39, 0.29) is 18.0 Å². The van der Waals surface area contributed by atoms with E-state index in [1.54, 1.807) is 6.92 Å². The largest absolute Gasteiger partial charge is 0.508 e. The highest BCUT2D eigenvalue weighted by Gasteiger charge is 2.07. The third-order valence-electron chi connectivity index (χ3n) is 1.92. The fourth-order valence-corrected chi connectivity index (χ4v) is 1.65. The number of nitrogens with two attached hydrogens (primary N) is 1. The Kier molecular flexibility index (Phi) is 3.15. The van der Waals surface area contributed by atoms with Gasteiger partial charge in [0.1, 0.15) is 5.75 Å². The third kappa shape index (κ3) is 3.37. The quantitative estimate of drug-likeness (QED) is 0.708. The lowest BCUT2D eigenvalue weighted by atomic mass is 10.3. The van der Waals surface area contributed by atoms with E-state index < -0.39 is 15.6 Å². The summed E-state index contributed by atoms with van der Waals surface area (Å²) in [5.74, 6) is -0.442. The summed E-state index contributed by atoms with van der Waals surface area (Å²) in [6, 6.07) is 2.40. The second-order valence-corrected chi connectivity index (χ2v) is 4.95. The molecule has 0 unspecified atom stereocenters. The monoisotopic (exact) mass is 232 g/mol. The fraction of sp³-hybridized carbons (Fsp3) is 0.375. The van der Waals surface area contributed by atoms with Crippen LogP contribution in [0.15, 0.2) is 16.9 Å². The summed E-state index contributed by atoms with van der Waals surface area (Å²) in [4.78, 5) is 11.3. The van der Waals surface area contributed by atoms with E-state index in [1.807, 2.05) is 0 Å². The SMILES string of the molecule is Cc1cc(O)cc(=O)n1CCS(N)(=O)=O. The van der Waals surface area contributed by atoms with Gasteiger partial charge in [-0.1, -0.05) is 0 Å². The van der Waals surface area contributed by atoms with Crippen molar-refractivity contribution in [1.29, 1.82) is 0 Å². The standard InChI is InChI=1S/C8H12N2O4S/c1-6-4-7(11)5-8(12)10(6)2-3-15(9,13)14/h4-5,11H,2-3H2,1H3,(H2,9,13,14). The molecule has 0 radical (unpaired) electrons. The fourth-order valence-electron chi connectivity index (χ4n) is 1.22. The topological polar surface area (TPSA) is 102 Å². The molecule has 0 saturated carbocycles. The van der Waals surface area contributed by atoms with Crippen molar-refractivity contribution in [3.8, 4) is 5.75 Å². The average Bonchev–Trinajstić information content (AvgIpc) is 1.99. The number of nitrogens with zero attached hydrogens (tertiary/aromatic N) is 1. The lowest BCUT2D eigenvalue weighted by Gasteiger charge is -2.08. The Labute approximate surface area is 87.0 Å². The molecule has 0 aliphatic heterocycles. The van der Waals surface area contributed by atoms with E-state index in [1.165, 1.54) is 10.6 Å².